The Balaban J connectivity index is 0. The van der Waals surface area contributed by atoms with Crippen LogP contribution in [0.4, 0.5) is 0 Å². The number of carbonyl (C=O) groups excluding carboxylic acids is 1. The van der Waals surface area contributed by atoms with Crippen molar-refractivity contribution in [2.24, 2.45) is 0 Å². The second-order valence-electron chi connectivity index (χ2n) is 3.92. The summed E-state index contributed by atoms with van der Waals surface area (Å²) in [6, 6.07) is 0. The molecular formula is C10H15NaO6S. The average molecular weight is 286 g/mol. The van der Waals surface area contributed by atoms with Crippen molar-refractivity contribution in [3.05, 3.63) is 0 Å². The van der Waals surface area contributed by atoms with Gasteiger partial charge in [-0.05, 0) is 13.8 Å². The van der Waals surface area contributed by atoms with Crippen LogP contribution in [0.15, 0.2) is 0 Å². The molecule has 0 N–H and O–H groups in total. The van der Waals surface area contributed by atoms with E-state index in [4.69, 9.17) is 11.2 Å². The Morgan fingerprint density at radius 3 is 2.33 bits per heavy atom. The summed E-state index contributed by atoms with van der Waals surface area (Å²) in [5.74, 6) is 0.789. The molecule has 0 rings (SSSR count). The van der Waals surface area contributed by atoms with E-state index in [1.54, 1.807) is 13.8 Å². The monoisotopic (exact) mass is 286 g/mol. The summed E-state index contributed by atoms with van der Waals surface area (Å²) in [4.78, 5) is 10.7. The van der Waals surface area contributed by atoms with Crippen LogP contribution in [-0.2, 0) is 24.4 Å². The molecule has 98 valence electrons. The van der Waals surface area contributed by atoms with Crippen molar-refractivity contribution in [3.8, 4) is 12.3 Å². The molecule has 0 spiro atoms. The topological polar surface area (TPSA) is 92.7 Å². The zero-order valence-electron chi connectivity index (χ0n) is 10.9. The summed E-state index contributed by atoms with van der Waals surface area (Å²) in [5.41, 5.74) is -0.926. The van der Waals surface area contributed by atoms with Gasteiger partial charge in [0.1, 0.15) is 11.7 Å². The van der Waals surface area contributed by atoms with Gasteiger partial charge in [-0.1, -0.05) is 5.92 Å². The summed E-state index contributed by atoms with van der Waals surface area (Å²) >= 11 is 0. The Morgan fingerprint density at radius 1 is 1.50 bits per heavy atom. The Kier molecular flexibility index (Phi) is 9.15. The van der Waals surface area contributed by atoms with Gasteiger partial charge in [0.15, 0.2) is 0 Å². The molecule has 0 aliphatic carbocycles. The summed E-state index contributed by atoms with van der Waals surface area (Å²) in [6.07, 6.45) is 4.01. The fraction of sp³-hybridized carbons (Fsp3) is 0.700. The van der Waals surface area contributed by atoms with Crippen molar-refractivity contribution in [1.29, 1.82) is 0 Å². The molecular weight excluding hydrogens is 271 g/mol. The normalized spacial score (nSPS) is 13.1. The number of hydrogen-bond donors (Lipinski definition) is 0. The first kappa shape index (κ1) is 20.2. The first-order valence-corrected chi connectivity index (χ1v) is 6.36. The SMILES string of the molecule is C#CC(C)(C)OCC(CS(=O)(=O)[O-])OC(C)=O.[Na+]. The predicted octanol–water partition coefficient (Wildman–Crippen LogP) is -3.10. The van der Waals surface area contributed by atoms with Crippen molar-refractivity contribution in [1.82, 2.24) is 0 Å². The van der Waals surface area contributed by atoms with Gasteiger partial charge in [0.05, 0.1) is 22.5 Å². The molecule has 0 fully saturated rings. The number of carbonyl (C=O) groups is 1. The first-order valence-electron chi connectivity index (χ1n) is 4.78. The molecule has 0 amide bonds. The number of ether oxygens (including phenoxy) is 2. The van der Waals surface area contributed by atoms with Gasteiger partial charge in [-0.25, -0.2) is 8.42 Å². The molecule has 0 aromatic rings. The molecule has 0 heterocycles. The molecule has 0 aliphatic rings. The molecule has 0 aromatic heterocycles. The molecule has 0 aromatic carbocycles. The van der Waals surface area contributed by atoms with Crippen molar-refractivity contribution in [2.75, 3.05) is 12.4 Å². The van der Waals surface area contributed by atoms with E-state index >= 15 is 0 Å². The molecule has 0 saturated carbocycles. The van der Waals surface area contributed by atoms with E-state index in [0.29, 0.717) is 0 Å². The summed E-state index contributed by atoms with van der Waals surface area (Å²) in [6.45, 7) is 4.03. The molecule has 0 aliphatic heterocycles. The third-order valence-corrected chi connectivity index (χ3v) is 2.48. The molecule has 0 bridgehead atoms. The smallest absolute Gasteiger partial charge is 0.748 e. The van der Waals surface area contributed by atoms with Crippen LogP contribution in [0.5, 0.6) is 0 Å². The van der Waals surface area contributed by atoms with Crippen LogP contribution in [0.1, 0.15) is 20.8 Å². The van der Waals surface area contributed by atoms with Crippen LogP contribution in [0.3, 0.4) is 0 Å². The van der Waals surface area contributed by atoms with E-state index < -0.39 is 33.5 Å². The average Bonchev–Trinajstić information content (AvgIpc) is 2.11. The Labute approximate surface area is 129 Å². The number of hydrogen-bond acceptors (Lipinski definition) is 6. The summed E-state index contributed by atoms with van der Waals surface area (Å²) in [7, 11) is -4.50. The van der Waals surface area contributed by atoms with Gasteiger partial charge in [-0.3, -0.25) is 4.79 Å². The molecule has 0 saturated heterocycles. The van der Waals surface area contributed by atoms with Crippen LogP contribution < -0.4 is 29.6 Å². The van der Waals surface area contributed by atoms with Gasteiger partial charge in [-0.2, -0.15) is 0 Å². The van der Waals surface area contributed by atoms with Gasteiger partial charge in [0.2, 0.25) is 0 Å². The zero-order chi connectivity index (χ0) is 13.7. The maximum atomic E-state index is 10.7. The molecule has 18 heavy (non-hydrogen) atoms. The van der Waals surface area contributed by atoms with Gasteiger partial charge < -0.3 is 14.0 Å². The molecule has 1 unspecified atom stereocenters. The maximum absolute atomic E-state index is 10.7. The van der Waals surface area contributed by atoms with E-state index in [1.807, 2.05) is 0 Å². The molecule has 8 heteroatoms. The Hall–Kier alpha value is -0.100. The molecule has 0 radical (unpaired) electrons. The molecule has 6 nitrogen and oxygen atoms in total. The largest absolute Gasteiger partial charge is 1.00 e. The van der Waals surface area contributed by atoms with Gasteiger partial charge in [-0.15, -0.1) is 6.42 Å². The van der Waals surface area contributed by atoms with E-state index in [1.165, 1.54) is 0 Å². The zero-order valence-corrected chi connectivity index (χ0v) is 13.7. The fourth-order valence-corrected chi connectivity index (χ4v) is 1.54. The van der Waals surface area contributed by atoms with Gasteiger partial charge >= 0.3 is 35.5 Å². The number of terminal acetylenes is 1. The minimum absolute atomic E-state index is 0. The van der Waals surface area contributed by atoms with Crippen LogP contribution in [0, 0.1) is 12.3 Å². The third-order valence-electron chi connectivity index (χ3n) is 1.70. The minimum atomic E-state index is -4.50. The van der Waals surface area contributed by atoms with Crippen molar-refractivity contribution in [2.45, 2.75) is 32.5 Å². The first-order chi connectivity index (χ1) is 7.56. The van der Waals surface area contributed by atoms with Crippen molar-refractivity contribution >= 4 is 16.1 Å². The Bertz CT molecular complexity index is 409. The quantitative estimate of drug-likeness (QED) is 0.222. The van der Waals surface area contributed by atoms with Gasteiger partial charge in [0.25, 0.3) is 0 Å². The van der Waals surface area contributed by atoms with E-state index in [0.717, 1.165) is 6.92 Å². The van der Waals surface area contributed by atoms with Gasteiger partial charge in [0, 0.05) is 6.92 Å². The minimum Gasteiger partial charge on any atom is -0.748 e. The van der Waals surface area contributed by atoms with E-state index in [-0.39, 0.29) is 36.2 Å². The van der Waals surface area contributed by atoms with Crippen LogP contribution in [0.2, 0.25) is 0 Å². The number of esters is 1. The molecule has 1 atom stereocenters. The number of rotatable bonds is 6. The van der Waals surface area contributed by atoms with Crippen LogP contribution >= 0.6 is 0 Å². The third kappa shape index (κ3) is 11.0. The van der Waals surface area contributed by atoms with E-state index in [9.17, 15) is 17.8 Å². The fourth-order valence-electron chi connectivity index (χ4n) is 0.921. The van der Waals surface area contributed by atoms with Crippen LogP contribution in [-0.4, -0.2) is 43.0 Å². The van der Waals surface area contributed by atoms with E-state index in [2.05, 4.69) is 10.7 Å². The van der Waals surface area contributed by atoms with Crippen LogP contribution in [0.25, 0.3) is 0 Å². The predicted molar refractivity (Wildman–Crippen MR) is 59.0 cm³/mol. The summed E-state index contributed by atoms with van der Waals surface area (Å²) < 4.78 is 41.5. The maximum Gasteiger partial charge on any atom is 1.00 e. The summed E-state index contributed by atoms with van der Waals surface area (Å²) in [5, 5.41) is 0. The Morgan fingerprint density at radius 2 is 2.00 bits per heavy atom. The standard InChI is InChI=1S/C10H16O6S.Na/c1-5-10(3,4)15-6-9(16-8(2)11)7-17(12,13)14;/h1,9H,6-7H2,2-4H3,(H,12,13,14);/q;+1/p-1. The second-order valence-corrected chi connectivity index (χ2v) is 5.37. The second kappa shape index (κ2) is 8.15. The van der Waals surface area contributed by atoms with Crippen molar-refractivity contribution in [3.63, 3.8) is 0 Å². The van der Waals surface area contributed by atoms with Crippen molar-refractivity contribution < 1.29 is 56.8 Å².